The molecule has 0 atom stereocenters. The van der Waals surface area contributed by atoms with Crippen molar-refractivity contribution in [2.75, 3.05) is 77.4 Å². The van der Waals surface area contributed by atoms with Gasteiger partial charge in [-0.25, -0.2) is 9.97 Å². The molecular weight excluding hydrogens is 1100 g/mol. The molecule has 0 radical (unpaired) electrons. The average molecular weight is 1200 g/mol. The van der Waals surface area contributed by atoms with Crippen molar-refractivity contribution in [3.8, 4) is 0 Å². The summed E-state index contributed by atoms with van der Waals surface area (Å²) in [7, 11) is -1.76. The molecule has 73 heavy (non-hydrogen) atoms. The van der Waals surface area contributed by atoms with Gasteiger partial charge in [0.05, 0.1) is 42.0 Å². The Balaban J connectivity index is 0.000000271. The molecule has 410 valence electrons. The van der Waals surface area contributed by atoms with E-state index >= 15 is 0 Å². The largest absolute Gasteiger partial charge is 0.469 e. The zero-order valence-corrected chi connectivity index (χ0v) is 53.2. The van der Waals surface area contributed by atoms with Gasteiger partial charge < -0.3 is 38.2 Å². The lowest BCUT2D eigenvalue weighted by Crippen LogP contribution is -2.33. The molecule has 4 aromatic heterocycles. The fourth-order valence-corrected chi connectivity index (χ4v) is 12.4. The van der Waals surface area contributed by atoms with Gasteiger partial charge in [-0.3, -0.25) is 9.59 Å². The van der Waals surface area contributed by atoms with E-state index < -0.39 is 32.3 Å². The molecule has 0 saturated heterocycles. The molecule has 0 spiro atoms. The predicted octanol–water partition coefficient (Wildman–Crippen LogP) is 11.8. The Morgan fingerprint density at radius 1 is 0.562 bits per heavy atom. The van der Waals surface area contributed by atoms with Gasteiger partial charge in [-0.15, -0.1) is 0 Å². The number of esters is 2. The van der Waals surface area contributed by atoms with E-state index in [1.54, 1.807) is 6.20 Å². The topological polar surface area (TPSA) is 156 Å². The third kappa shape index (κ3) is 20.3. The Morgan fingerprint density at radius 2 is 0.932 bits per heavy atom. The molecule has 4 heterocycles. The summed E-state index contributed by atoms with van der Waals surface area (Å²) in [5, 5.41) is 9.21. The molecule has 0 aromatic carbocycles. The number of halogens is 1. The molecule has 16 nitrogen and oxygen atoms in total. The van der Waals surface area contributed by atoms with Gasteiger partial charge in [0.2, 0.25) is 0 Å². The van der Waals surface area contributed by atoms with Crippen LogP contribution in [0.4, 0.5) is 11.6 Å². The Bertz CT molecular complexity index is 2290. The van der Waals surface area contributed by atoms with Gasteiger partial charge in [0.25, 0.3) is 0 Å². The van der Waals surface area contributed by atoms with E-state index in [9.17, 15) is 9.59 Å². The normalized spacial score (nSPS) is 18.9. The molecule has 2 aliphatic carbocycles. The Hall–Kier alpha value is -2.78. The number of anilines is 2. The van der Waals surface area contributed by atoms with Gasteiger partial charge >= 0.3 is 11.9 Å². The lowest BCUT2D eigenvalue weighted by Gasteiger charge is -2.29. The quantitative estimate of drug-likeness (QED) is 0.0192. The van der Waals surface area contributed by atoms with Crippen LogP contribution in [-0.2, 0) is 38.0 Å². The minimum absolute atomic E-state index is 0.000417. The van der Waals surface area contributed by atoms with Gasteiger partial charge in [0.15, 0.2) is 11.3 Å². The second kappa shape index (κ2) is 28.0. The number of rotatable bonds is 26. The molecule has 4 aromatic rings. The highest BCUT2D eigenvalue weighted by molar-refractivity contribution is 14.1. The van der Waals surface area contributed by atoms with Gasteiger partial charge in [0.1, 0.15) is 38.6 Å². The van der Waals surface area contributed by atoms with Crippen molar-refractivity contribution in [1.29, 1.82) is 0 Å². The number of ether oxygens (including phenoxy) is 6. The van der Waals surface area contributed by atoms with Crippen molar-refractivity contribution < 1.29 is 38.0 Å². The standard InChI is InChI=1S/C26H45IN4O4Si2.C26H46N4O4Si2/c1-33-26(32)21-10-8-20(9-11-21)23-16-24(31-25(29-23)22(27)17-28-31)30(18-34-12-14-36(2,3)4)19-35-13-15-37(5,6)7;1-32-26(31)22-10-8-21(9-11-22)23-18-25(30-24(28-23)12-13-27-30)29(19-33-14-16-35(2,3)4)20-34-15-17-36(5,6)7/h16-17,20-21H,8-15,18-19H2,1-7H3;12-13,18,21-22H,8-11,14-17,19-20H2,1-7H3. The van der Waals surface area contributed by atoms with Crippen LogP contribution in [0.25, 0.3) is 11.3 Å². The second-order valence-corrected chi connectivity index (χ2v) is 48.7. The van der Waals surface area contributed by atoms with Gasteiger partial charge in [-0.1, -0.05) is 78.6 Å². The van der Waals surface area contributed by atoms with Crippen molar-refractivity contribution in [2.24, 2.45) is 11.8 Å². The summed E-state index contributed by atoms with van der Waals surface area (Å²) in [6.07, 6.45) is 10.7. The highest BCUT2D eigenvalue weighted by atomic mass is 127. The molecule has 0 amide bonds. The SMILES string of the molecule is COC(=O)C1CCC(c2cc(N(COCC[Si](C)(C)C)COCC[Si](C)(C)C)n3ncc(I)c3n2)CC1.COC(=O)C1CCC(c2cc(N(COCC[Si](C)(C)C)COCC[Si](C)(C)C)n3nccc3n2)CC1. The van der Waals surface area contributed by atoms with Crippen molar-refractivity contribution in [1.82, 2.24) is 29.2 Å². The third-order valence-electron chi connectivity index (χ3n) is 13.8. The van der Waals surface area contributed by atoms with Crippen LogP contribution < -0.4 is 9.80 Å². The summed E-state index contributed by atoms with van der Waals surface area (Å²) in [6, 6.07) is 10.7. The molecule has 21 heteroatoms. The van der Waals surface area contributed by atoms with Crippen molar-refractivity contribution >= 4 is 89.8 Å². The van der Waals surface area contributed by atoms with E-state index in [2.05, 4.69) is 133 Å². The number of methoxy groups -OCH3 is 2. The highest BCUT2D eigenvalue weighted by Crippen LogP contribution is 2.39. The lowest BCUT2D eigenvalue weighted by atomic mass is 9.80. The lowest BCUT2D eigenvalue weighted by molar-refractivity contribution is -0.147. The summed E-state index contributed by atoms with van der Waals surface area (Å²) >= 11 is 2.31. The summed E-state index contributed by atoms with van der Waals surface area (Å²) in [4.78, 5) is 38.3. The first kappa shape index (κ1) is 61.1. The van der Waals surface area contributed by atoms with E-state index in [1.165, 1.54) is 14.2 Å². The van der Waals surface area contributed by atoms with E-state index in [4.69, 9.17) is 38.4 Å². The number of hydrogen-bond acceptors (Lipinski definition) is 14. The number of hydrogen-bond donors (Lipinski definition) is 0. The van der Waals surface area contributed by atoms with Crippen molar-refractivity contribution in [3.63, 3.8) is 0 Å². The molecule has 2 saturated carbocycles. The van der Waals surface area contributed by atoms with Crippen LogP contribution >= 0.6 is 22.6 Å². The van der Waals surface area contributed by atoms with Crippen LogP contribution in [0.3, 0.4) is 0 Å². The van der Waals surface area contributed by atoms with Crippen LogP contribution in [0.2, 0.25) is 103 Å². The maximum Gasteiger partial charge on any atom is 0.308 e. The fourth-order valence-electron chi connectivity index (χ4n) is 8.86. The Kier molecular flexibility index (Phi) is 23.4. The fraction of sp³-hybridized carbons (Fsp3) is 0.731. The second-order valence-electron chi connectivity index (χ2n) is 25.0. The summed E-state index contributed by atoms with van der Waals surface area (Å²) in [6.45, 7) is 33.2. The van der Waals surface area contributed by atoms with Crippen molar-refractivity contribution in [3.05, 3.63) is 45.6 Å². The molecular formula is C52H91IN8O8Si4. The van der Waals surface area contributed by atoms with Gasteiger partial charge in [0, 0.05) is 100 Å². The first-order valence-electron chi connectivity index (χ1n) is 26.7. The monoisotopic (exact) mass is 1190 g/mol. The van der Waals surface area contributed by atoms with Crippen LogP contribution in [-0.4, -0.2) is 141 Å². The molecule has 0 N–H and O–H groups in total. The number of carbonyl (C=O) groups is 2. The number of fused-ring (bicyclic) bond motifs is 2. The van der Waals surface area contributed by atoms with Crippen LogP contribution in [0.5, 0.6) is 0 Å². The maximum atomic E-state index is 12.0. The van der Waals surface area contributed by atoms with Gasteiger partial charge in [-0.05, 0) is 98.1 Å². The zero-order valence-electron chi connectivity index (χ0n) is 47.1. The minimum Gasteiger partial charge on any atom is -0.469 e. The molecule has 0 aliphatic heterocycles. The van der Waals surface area contributed by atoms with E-state index in [0.717, 1.165) is 140 Å². The molecule has 2 fully saturated rings. The first-order valence-corrected chi connectivity index (χ1v) is 42.6. The maximum absolute atomic E-state index is 12.0. The van der Waals surface area contributed by atoms with Crippen LogP contribution in [0.15, 0.2) is 30.6 Å². The highest BCUT2D eigenvalue weighted by Gasteiger charge is 2.32. The van der Waals surface area contributed by atoms with Crippen LogP contribution in [0.1, 0.15) is 74.6 Å². The van der Waals surface area contributed by atoms with Crippen LogP contribution in [0, 0.1) is 15.4 Å². The smallest absolute Gasteiger partial charge is 0.308 e. The average Bonchev–Trinajstić information content (AvgIpc) is 3.97. The first-order chi connectivity index (χ1) is 34.3. The third-order valence-corrected chi connectivity index (χ3v) is 21.3. The summed E-state index contributed by atoms with van der Waals surface area (Å²) < 4.78 is 39.5. The summed E-state index contributed by atoms with van der Waals surface area (Å²) in [5.41, 5.74) is 3.79. The van der Waals surface area contributed by atoms with Gasteiger partial charge in [-0.2, -0.15) is 19.2 Å². The minimum atomic E-state index is -1.18. The number of aromatic nitrogens is 6. The number of carbonyl (C=O) groups excluding carboxylic acids is 2. The predicted molar refractivity (Wildman–Crippen MR) is 313 cm³/mol. The van der Waals surface area contributed by atoms with E-state index in [0.29, 0.717) is 38.8 Å². The molecule has 6 rings (SSSR count). The zero-order chi connectivity index (χ0) is 53.6. The Morgan fingerprint density at radius 3 is 1.30 bits per heavy atom. The van der Waals surface area contributed by atoms with E-state index in [-0.39, 0.29) is 23.8 Å². The summed E-state index contributed by atoms with van der Waals surface area (Å²) in [5.74, 6) is 2.31. The molecule has 2 aliphatic rings. The number of nitrogens with zero attached hydrogens (tertiary/aromatic N) is 8. The van der Waals surface area contributed by atoms with Crippen molar-refractivity contribution in [2.45, 2.75) is 166 Å². The molecule has 0 unspecified atom stereocenters. The van der Waals surface area contributed by atoms with E-state index in [1.807, 2.05) is 21.3 Å². The Labute approximate surface area is 454 Å². The molecule has 0 bridgehead atoms.